The predicted octanol–water partition coefficient (Wildman–Crippen LogP) is -0.919. The monoisotopic (exact) mass is 182 g/mol. The van der Waals surface area contributed by atoms with Crippen molar-refractivity contribution in [1.82, 2.24) is 20.2 Å². The van der Waals surface area contributed by atoms with Gasteiger partial charge in [0.1, 0.15) is 11.8 Å². The van der Waals surface area contributed by atoms with E-state index in [-0.39, 0.29) is 5.44 Å². The second kappa shape index (κ2) is 2.58. The average Bonchev–Trinajstić information content (AvgIpc) is 2.47. The molecule has 1 N–H and O–H groups in total. The maximum atomic E-state index is 10.6. The molecule has 2 rings (SSSR count). The van der Waals surface area contributed by atoms with Gasteiger partial charge in [0.25, 0.3) is 0 Å². The molecule has 2 aromatic rings. The fourth-order valence-corrected chi connectivity index (χ4v) is 1.37. The van der Waals surface area contributed by atoms with Gasteiger partial charge in [-0.15, -0.1) is 5.10 Å². The van der Waals surface area contributed by atoms with Crippen LogP contribution in [0.5, 0.6) is 0 Å². The van der Waals surface area contributed by atoms with Crippen LogP contribution >= 0.6 is 8.03 Å². The van der Waals surface area contributed by atoms with E-state index in [4.69, 9.17) is 0 Å². The Balaban J connectivity index is 2.79. The Morgan fingerprint density at radius 2 is 2.42 bits per heavy atom. The van der Waals surface area contributed by atoms with Gasteiger partial charge in [0, 0.05) is 0 Å². The fraction of sp³-hybridized carbons (Fsp3) is 0. The molecule has 0 saturated carbocycles. The van der Waals surface area contributed by atoms with Gasteiger partial charge < -0.3 is 4.89 Å². The summed E-state index contributed by atoms with van der Waals surface area (Å²) in [5.74, 6) is 0. The summed E-state index contributed by atoms with van der Waals surface area (Å²) >= 11 is 0. The van der Waals surface area contributed by atoms with Gasteiger partial charge in [-0.05, 0) is 0 Å². The van der Waals surface area contributed by atoms with E-state index in [9.17, 15) is 9.46 Å². The highest BCUT2D eigenvalue weighted by Gasteiger charge is 2.17. The Labute approximate surface area is 67.5 Å². The maximum absolute atomic E-state index is 10.6. The molecule has 0 aliphatic heterocycles. The van der Waals surface area contributed by atoms with E-state index >= 15 is 0 Å². The molecule has 0 amide bonds. The minimum Gasteiger partial charge on any atom is -0.589 e. The third-order valence-corrected chi connectivity index (χ3v) is 2.04. The van der Waals surface area contributed by atoms with Gasteiger partial charge in [0.2, 0.25) is 0 Å². The van der Waals surface area contributed by atoms with E-state index in [1.807, 2.05) is 0 Å². The van der Waals surface area contributed by atoms with Gasteiger partial charge in [-0.1, -0.05) is 4.57 Å². The number of hydrogen-bond acceptors (Lipinski definition) is 5. The van der Waals surface area contributed by atoms with Gasteiger partial charge in [-0.3, -0.25) is 5.10 Å². The van der Waals surface area contributed by atoms with Crippen molar-refractivity contribution in [3.05, 3.63) is 12.5 Å². The van der Waals surface area contributed by atoms with E-state index in [1.165, 1.54) is 12.5 Å². The lowest BCUT2D eigenvalue weighted by molar-refractivity contribution is -0.160. The van der Waals surface area contributed by atoms with E-state index < -0.39 is 8.03 Å². The highest BCUT2D eigenvalue weighted by molar-refractivity contribution is 7.46. The number of nitrogens with one attached hydrogen (secondary N) is 1. The standard InChI is InChI=1S/C5H3N4O2P/c10-12(11)5-4-3(8-9-5)1-6-2-7-4/h1-2H,(H,8,9). The number of hydrogen-bond donors (Lipinski definition) is 1. The number of rotatable bonds is 1. The number of aromatic nitrogens is 4. The first-order valence-electron chi connectivity index (χ1n) is 3.07. The van der Waals surface area contributed by atoms with E-state index in [1.54, 1.807) is 0 Å². The number of H-pyrrole nitrogens is 1. The van der Waals surface area contributed by atoms with Crippen LogP contribution in [0.15, 0.2) is 12.5 Å². The molecule has 60 valence electrons. The van der Waals surface area contributed by atoms with Crippen LogP contribution < -0.4 is 10.3 Å². The molecule has 0 aromatic carbocycles. The summed E-state index contributed by atoms with van der Waals surface area (Å²) in [6.07, 6.45) is 2.75. The first-order valence-corrected chi connectivity index (χ1v) is 4.25. The Hall–Kier alpha value is -1.39. The van der Waals surface area contributed by atoms with Crippen LogP contribution in [-0.2, 0) is 4.57 Å². The lowest BCUT2D eigenvalue weighted by Gasteiger charge is -1.83. The largest absolute Gasteiger partial charge is 0.589 e. The molecule has 0 aliphatic rings. The van der Waals surface area contributed by atoms with Crippen LogP contribution in [0.25, 0.3) is 11.0 Å². The molecule has 12 heavy (non-hydrogen) atoms. The molecule has 0 radical (unpaired) electrons. The molecule has 6 nitrogen and oxygen atoms in total. The summed E-state index contributed by atoms with van der Waals surface area (Å²) in [6, 6.07) is 0. The van der Waals surface area contributed by atoms with Crippen LogP contribution in [-0.4, -0.2) is 20.2 Å². The Morgan fingerprint density at radius 1 is 1.58 bits per heavy atom. The van der Waals surface area contributed by atoms with E-state index in [2.05, 4.69) is 20.2 Å². The highest BCUT2D eigenvalue weighted by atomic mass is 31.1. The lowest BCUT2D eigenvalue weighted by Crippen LogP contribution is -2.06. The minimum atomic E-state index is -2.69. The fourth-order valence-electron chi connectivity index (χ4n) is 0.883. The molecule has 0 bridgehead atoms. The molecule has 2 heterocycles. The zero-order chi connectivity index (χ0) is 8.55. The topological polar surface area (TPSA) is 94.6 Å². The summed E-state index contributed by atoms with van der Waals surface area (Å²) < 4.78 is 10.6. The molecule has 0 aliphatic carbocycles. The molecule has 1 atom stereocenters. The molecular formula is C5H3N4O2P. The smallest absolute Gasteiger partial charge is 0.373 e. The Kier molecular flexibility index (Phi) is 1.56. The normalized spacial score (nSPS) is 11.9. The quantitative estimate of drug-likeness (QED) is 0.575. The van der Waals surface area contributed by atoms with Crippen molar-refractivity contribution in [2.24, 2.45) is 0 Å². The average molecular weight is 182 g/mol. The second-order valence-corrected chi connectivity index (χ2v) is 3.03. The first kappa shape index (κ1) is 7.27. The van der Waals surface area contributed by atoms with Crippen molar-refractivity contribution in [2.75, 3.05) is 0 Å². The summed E-state index contributed by atoms with van der Waals surface area (Å²) in [4.78, 5) is 18.1. The van der Waals surface area contributed by atoms with Crippen molar-refractivity contribution < 1.29 is 9.46 Å². The molecule has 0 saturated heterocycles. The van der Waals surface area contributed by atoms with Crippen molar-refractivity contribution in [1.29, 1.82) is 0 Å². The van der Waals surface area contributed by atoms with Crippen molar-refractivity contribution >= 4 is 24.5 Å². The summed E-state index contributed by atoms with van der Waals surface area (Å²) in [5.41, 5.74) is 0.815. The second-order valence-electron chi connectivity index (χ2n) is 2.09. The van der Waals surface area contributed by atoms with Crippen LogP contribution in [0.3, 0.4) is 0 Å². The van der Waals surface area contributed by atoms with Gasteiger partial charge in [0.05, 0.1) is 6.20 Å². The van der Waals surface area contributed by atoms with Gasteiger partial charge in [-0.2, -0.15) is 0 Å². The van der Waals surface area contributed by atoms with Crippen LogP contribution in [0.4, 0.5) is 0 Å². The third-order valence-electron chi connectivity index (χ3n) is 1.38. The Bertz CT molecular complexity index is 440. The molecule has 7 heteroatoms. The van der Waals surface area contributed by atoms with Crippen LogP contribution in [0, 0.1) is 0 Å². The number of fused-ring (bicyclic) bond motifs is 1. The molecule has 0 fully saturated rings. The number of nitrogens with zero attached hydrogens (tertiary/aromatic N) is 3. The molecule has 2 aromatic heterocycles. The minimum absolute atomic E-state index is 0.0394. The van der Waals surface area contributed by atoms with E-state index in [0.29, 0.717) is 11.0 Å². The van der Waals surface area contributed by atoms with Crippen molar-refractivity contribution in [3.63, 3.8) is 0 Å². The zero-order valence-electron chi connectivity index (χ0n) is 5.76. The zero-order valence-corrected chi connectivity index (χ0v) is 6.65. The van der Waals surface area contributed by atoms with E-state index in [0.717, 1.165) is 0 Å². The first-order chi connectivity index (χ1) is 5.79. The maximum Gasteiger partial charge on any atom is 0.373 e. The predicted molar refractivity (Wildman–Crippen MR) is 38.9 cm³/mol. The van der Waals surface area contributed by atoms with Gasteiger partial charge >= 0.3 is 13.5 Å². The van der Waals surface area contributed by atoms with Gasteiger partial charge in [-0.25, -0.2) is 9.97 Å². The summed E-state index contributed by atoms with van der Waals surface area (Å²) in [5, 5.41) is 6.08. The van der Waals surface area contributed by atoms with Crippen molar-refractivity contribution in [2.45, 2.75) is 0 Å². The molecule has 1 unspecified atom stereocenters. The van der Waals surface area contributed by atoms with Crippen molar-refractivity contribution in [3.8, 4) is 0 Å². The van der Waals surface area contributed by atoms with Crippen LogP contribution in [0.2, 0.25) is 0 Å². The molecule has 0 spiro atoms. The summed E-state index contributed by atoms with van der Waals surface area (Å²) in [7, 11) is -2.69. The van der Waals surface area contributed by atoms with Crippen LogP contribution in [0.1, 0.15) is 0 Å². The lowest BCUT2D eigenvalue weighted by atomic mass is 10.5. The Morgan fingerprint density at radius 3 is 3.17 bits per heavy atom. The third kappa shape index (κ3) is 0.975. The number of aromatic amines is 1. The van der Waals surface area contributed by atoms with Gasteiger partial charge in [0.15, 0.2) is 5.52 Å². The SMILES string of the molecule is O=[P+]([O-])c1n[nH]c2cncnc12. The molecular weight excluding hydrogens is 179 g/mol. The summed E-state index contributed by atoms with van der Waals surface area (Å²) in [6.45, 7) is 0. The highest BCUT2D eigenvalue weighted by Crippen LogP contribution is 2.12.